The van der Waals surface area contributed by atoms with Gasteiger partial charge in [-0.2, -0.15) is 0 Å². The van der Waals surface area contributed by atoms with Crippen molar-refractivity contribution in [3.63, 3.8) is 0 Å². The van der Waals surface area contributed by atoms with E-state index in [2.05, 4.69) is 54.3 Å². The summed E-state index contributed by atoms with van der Waals surface area (Å²) in [6.07, 6.45) is 3.62. The van der Waals surface area contributed by atoms with Crippen LogP contribution in [0.1, 0.15) is 44.1 Å². The highest BCUT2D eigenvalue weighted by atomic mass is 35.5. The summed E-state index contributed by atoms with van der Waals surface area (Å²) in [4.78, 5) is 8.91. The Morgan fingerprint density at radius 1 is 1.05 bits per heavy atom. The Morgan fingerprint density at radius 3 is 2.57 bits per heavy atom. The van der Waals surface area contributed by atoms with Gasteiger partial charge in [0.25, 0.3) is 0 Å². The molecule has 0 bridgehead atoms. The number of fused-ring (bicyclic) bond motifs is 1. The first-order chi connectivity index (χ1) is 9.91. The molecule has 0 fully saturated rings. The number of anilines is 2. The predicted molar refractivity (Wildman–Crippen MR) is 87.5 cm³/mol. The summed E-state index contributed by atoms with van der Waals surface area (Å²) in [5, 5.41) is 3.82. The number of hydrogen-bond donors (Lipinski definition) is 1. The lowest BCUT2D eigenvalue weighted by Gasteiger charge is -2.18. The molecule has 0 aliphatic heterocycles. The van der Waals surface area contributed by atoms with E-state index in [1.54, 1.807) is 6.07 Å². The van der Waals surface area contributed by atoms with E-state index in [-0.39, 0.29) is 5.41 Å². The van der Waals surface area contributed by atoms with Gasteiger partial charge in [-0.05, 0) is 42.5 Å². The fourth-order valence-corrected chi connectivity index (χ4v) is 2.80. The van der Waals surface area contributed by atoms with Crippen molar-refractivity contribution in [2.75, 3.05) is 5.32 Å². The molecule has 2 aromatic rings. The molecule has 1 aliphatic rings. The van der Waals surface area contributed by atoms with Crippen LogP contribution in [-0.2, 0) is 18.3 Å². The molecule has 1 aliphatic carbocycles. The zero-order valence-electron chi connectivity index (χ0n) is 12.7. The Hall–Kier alpha value is -1.61. The van der Waals surface area contributed by atoms with Crippen LogP contribution in [-0.4, -0.2) is 9.97 Å². The molecule has 0 spiro atoms. The first kappa shape index (κ1) is 14.3. The molecule has 1 aromatic heterocycles. The second-order valence-corrected chi connectivity index (χ2v) is 7.00. The zero-order chi connectivity index (χ0) is 15.0. The van der Waals surface area contributed by atoms with E-state index in [4.69, 9.17) is 11.6 Å². The molecule has 4 heteroatoms. The molecule has 0 amide bonds. The molecule has 3 nitrogen and oxygen atoms in total. The highest BCUT2D eigenvalue weighted by Gasteiger charge is 2.19. The van der Waals surface area contributed by atoms with Gasteiger partial charge in [0.1, 0.15) is 16.8 Å². The van der Waals surface area contributed by atoms with Gasteiger partial charge in [-0.25, -0.2) is 9.97 Å². The third-order valence-corrected chi connectivity index (χ3v) is 3.93. The summed E-state index contributed by atoms with van der Waals surface area (Å²) in [6.45, 7) is 6.24. The molecular weight excluding hydrogens is 282 g/mol. The maximum absolute atomic E-state index is 6.12. The summed E-state index contributed by atoms with van der Waals surface area (Å²) in [7, 11) is 0. The molecule has 1 aromatic carbocycles. The number of hydrogen-bond acceptors (Lipinski definition) is 3. The molecule has 0 unspecified atom stereocenters. The van der Waals surface area contributed by atoms with Crippen LogP contribution in [0.25, 0.3) is 0 Å². The van der Waals surface area contributed by atoms with Crippen LogP contribution in [0.2, 0.25) is 5.15 Å². The monoisotopic (exact) mass is 301 g/mol. The van der Waals surface area contributed by atoms with Gasteiger partial charge in [-0.1, -0.05) is 38.4 Å². The summed E-state index contributed by atoms with van der Waals surface area (Å²) in [5.41, 5.74) is 3.84. The van der Waals surface area contributed by atoms with Crippen LogP contribution in [0.4, 0.5) is 11.5 Å². The number of nitrogens with zero attached hydrogens (tertiary/aromatic N) is 2. The summed E-state index contributed by atoms with van der Waals surface area (Å²) in [6, 6.07) is 8.30. The van der Waals surface area contributed by atoms with Crippen molar-refractivity contribution in [1.82, 2.24) is 9.97 Å². The maximum Gasteiger partial charge on any atom is 0.137 e. The summed E-state index contributed by atoms with van der Waals surface area (Å²) in [5.74, 6) is 1.50. The lowest BCUT2D eigenvalue weighted by Crippen LogP contribution is -2.16. The van der Waals surface area contributed by atoms with Crippen LogP contribution in [0.3, 0.4) is 0 Å². The molecule has 0 saturated heterocycles. The van der Waals surface area contributed by atoms with Crippen molar-refractivity contribution in [2.45, 2.75) is 45.4 Å². The Kier molecular flexibility index (Phi) is 3.62. The van der Waals surface area contributed by atoms with Crippen LogP contribution in [0, 0.1) is 0 Å². The Morgan fingerprint density at radius 2 is 1.81 bits per heavy atom. The van der Waals surface area contributed by atoms with Crippen LogP contribution in [0.15, 0.2) is 24.3 Å². The standard InChI is InChI=1S/C17H20ClN3/c1-17(2,3)16-20-14(18)10-15(21-16)19-13-8-7-11-5-4-6-12(11)9-13/h7-10H,4-6H2,1-3H3,(H,19,20,21). The maximum atomic E-state index is 6.12. The van der Waals surface area contributed by atoms with Crippen molar-refractivity contribution in [3.8, 4) is 0 Å². The number of aryl methyl sites for hydroxylation is 2. The number of rotatable bonds is 2. The first-order valence-electron chi connectivity index (χ1n) is 7.36. The topological polar surface area (TPSA) is 37.8 Å². The fraction of sp³-hybridized carbons (Fsp3) is 0.412. The first-order valence-corrected chi connectivity index (χ1v) is 7.73. The van der Waals surface area contributed by atoms with Gasteiger partial charge in [0.15, 0.2) is 0 Å². The van der Waals surface area contributed by atoms with E-state index in [1.165, 1.54) is 30.4 Å². The van der Waals surface area contributed by atoms with Gasteiger partial charge < -0.3 is 5.32 Å². The molecule has 21 heavy (non-hydrogen) atoms. The normalized spacial score (nSPS) is 14.1. The number of nitrogens with one attached hydrogen (secondary N) is 1. The predicted octanol–water partition coefficient (Wildman–Crippen LogP) is 4.66. The highest BCUT2D eigenvalue weighted by molar-refractivity contribution is 6.29. The van der Waals surface area contributed by atoms with Crippen molar-refractivity contribution in [1.29, 1.82) is 0 Å². The fourth-order valence-electron chi connectivity index (χ4n) is 2.61. The zero-order valence-corrected chi connectivity index (χ0v) is 13.5. The Bertz CT molecular complexity index is 674. The lowest BCUT2D eigenvalue weighted by molar-refractivity contribution is 0.546. The third kappa shape index (κ3) is 3.18. The number of halogens is 1. The van der Waals surface area contributed by atoms with Gasteiger partial charge >= 0.3 is 0 Å². The average Bonchev–Trinajstić information content (AvgIpc) is 2.84. The Labute approximate surface area is 130 Å². The number of aromatic nitrogens is 2. The second-order valence-electron chi connectivity index (χ2n) is 6.61. The van der Waals surface area contributed by atoms with E-state index in [9.17, 15) is 0 Å². The Balaban J connectivity index is 1.89. The van der Waals surface area contributed by atoms with Crippen LogP contribution >= 0.6 is 11.6 Å². The van der Waals surface area contributed by atoms with Crippen molar-refractivity contribution in [2.24, 2.45) is 0 Å². The van der Waals surface area contributed by atoms with E-state index in [0.29, 0.717) is 5.15 Å². The molecule has 110 valence electrons. The molecule has 0 radical (unpaired) electrons. The quantitative estimate of drug-likeness (QED) is 0.820. The van der Waals surface area contributed by atoms with Gasteiger partial charge in [-0.3, -0.25) is 0 Å². The average molecular weight is 302 g/mol. The van der Waals surface area contributed by atoms with Crippen molar-refractivity contribution < 1.29 is 0 Å². The molecule has 3 rings (SSSR count). The third-order valence-electron chi connectivity index (χ3n) is 3.74. The van der Waals surface area contributed by atoms with Crippen molar-refractivity contribution in [3.05, 3.63) is 46.4 Å². The SMILES string of the molecule is CC(C)(C)c1nc(Cl)cc(Nc2ccc3c(c2)CCC3)n1. The van der Waals surface area contributed by atoms with Crippen LogP contribution < -0.4 is 5.32 Å². The molecule has 1 heterocycles. The van der Waals surface area contributed by atoms with Gasteiger partial charge in [0.2, 0.25) is 0 Å². The minimum Gasteiger partial charge on any atom is -0.340 e. The molecular formula is C17H20ClN3. The molecule has 0 saturated carbocycles. The van der Waals surface area contributed by atoms with E-state index in [1.807, 2.05) is 0 Å². The van der Waals surface area contributed by atoms with E-state index >= 15 is 0 Å². The molecule has 1 N–H and O–H groups in total. The van der Waals surface area contributed by atoms with Gasteiger partial charge in [-0.15, -0.1) is 0 Å². The number of benzene rings is 1. The minimum atomic E-state index is -0.126. The van der Waals surface area contributed by atoms with Gasteiger partial charge in [0.05, 0.1) is 0 Å². The van der Waals surface area contributed by atoms with E-state index in [0.717, 1.165) is 17.3 Å². The second kappa shape index (κ2) is 5.30. The highest BCUT2D eigenvalue weighted by Crippen LogP contribution is 2.28. The van der Waals surface area contributed by atoms with Crippen molar-refractivity contribution >= 4 is 23.1 Å². The lowest BCUT2D eigenvalue weighted by atomic mass is 9.96. The largest absolute Gasteiger partial charge is 0.340 e. The van der Waals surface area contributed by atoms with E-state index < -0.39 is 0 Å². The summed E-state index contributed by atoms with van der Waals surface area (Å²) >= 11 is 6.12. The summed E-state index contributed by atoms with van der Waals surface area (Å²) < 4.78 is 0. The van der Waals surface area contributed by atoms with Gasteiger partial charge in [0, 0.05) is 17.2 Å². The minimum absolute atomic E-state index is 0.126. The molecule has 0 atom stereocenters. The van der Waals surface area contributed by atoms with Crippen LogP contribution in [0.5, 0.6) is 0 Å². The smallest absolute Gasteiger partial charge is 0.137 e.